The molecule has 1 spiro atoms. The van der Waals surface area contributed by atoms with E-state index in [1.807, 2.05) is 19.1 Å². The monoisotopic (exact) mass is 355 g/mol. The summed E-state index contributed by atoms with van der Waals surface area (Å²) >= 11 is 0. The highest BCUT2D eigenvalue weighted by Gasteiger charge is 2.78. The Kier molecular flexibility index (Phi) is 3.08. The fourth-order valence-electron chi connectivity index (χ4n) is 6.63. The molecule has 5 nitrogen and oxygen atoms in total. The first-order chi connectivity index (χ1) is 12.4. The lowest BCUT2D eigenvalue weighted by Gasteiger charge is -2.66. The molecule has 4 atom stereocenters. The van der Waals surface area contributed by atoms with E-state index in [4.69, 9.17) is 9.47 Å². The highest BCUT2D eigenvalue weighted by Crippen LogP contribution is 2.69. The molecule has 2 aliphatic heterocycles. The average Bonchev–Trinajstić information content (AvgIpc) is 2.91. The highest BCUT2D eigenvalue weighted by molar-refractivity contribution is 5.94. The normalized spacial score (nSPS) is 40.1. The Balaban J connectivity index is 1.86. The van der Waals surface area contributed by atoms with Gasteiger partial charge >= 0.3 is 0 Å². The molecule has 2 heterocycles. The topological polar surface area (TPSA) is 59.0 Å². The number of nitrogens with zero attached hydrogens (tertiary/aromatic N) is 1. The van der Waals surface area contributed by atoms with Crippen LogP contribution >= 0.6 is 0 Å². The van der Waals surface area contributed by atoms with Crippen LogP contribution in [-0.2, 0) is 21.4 Å². The summed E-state index contributed by atoms with van der Waals surface area (Å²) in [4.78, 5) is 15.6. The van der Waals surface area contributed by atoms with Crippen LogP contribution in [0.1, 0.15) is 37.3 Å². The summed E-state index contributed by atoms with van der Waals surface area (Å²) in [6.45, 7) is 7.50. The maximum atomic E-state index is 13.1. The quantitative estimate of drug-likeness (QED) is 0.844. The molecule has 5 heteroatoms. The largest absolute Gasteiger partial charge is 0.504 e. The number of phenolic OH excluding ortho intramolecular Hbond substituents is 1. The molecule has 1 aromatic rings. The molecule has 1 saturated carbocycles. The number of ketones is 1. The smallest absolute Gasteiger partial charge is 0.177 e. The number of Topliss-reactive ketones (excluding diaryl/α,β-unsaturated/α-hetero) is 1. The lowest BCUT2D eigenvalue weighted by atomic mass is 9.45. The van der Waals surface area contributed by atoms with E-state index in [-0.39, 0.29) is 17.6 Å². The third-order valence-electron chi connectivity index (χ3n) is 7.64. The molecule has 2 bridgehead atoms. The summed E-state index contributed by atoms with van der Waals surface area (Å²) < 4.78 is 12.7. The van der Waals surface area contributed by atoms with Gasteiger partial charge in [-0.05, 0) is 37.8 Å². The molecule has 0 unspecified atom stereocenters. The molecule has 1 N–H and O–H groups in total. The second-order valence-electron chi connectivity index (χ2n) is 8.26. The van der Waals surface area contributed by atoms with Crippen molar-refractivity contribution in [2.45, 2.75) is 55.3 Å². The van der Waals surface area contributed by atoms with Crippen molar-refractivity contribution in [2.24, 2.45) is 0 Å². The van der Waals surface area contributed by atoms with Gasteiger partial charge in [0.1, 0.15) is 0 Å². The van der Waals surface area contributed by atoms with Crippen LogP contribution in [0.4, 0.5) is 0 Å². The van der Waals surface area contributed by atoms with E-state index < -0.39 is 16.6 Å². The van der Waals surface area contributed by atoms with Gasteiger partial charge in [0, 0.05) is 38.2 Å². The van der Waals surface area contributed by atoms with Crippen LogP contribution in [0.5, 0.6) is 11.5 Å². The summed E-state index contributed by atoms with van der Waals surface area (Å²) in [7, 11) is 1.77. The van der Waals surface area contributed by atoms with Crippen LogP contribution in [0, 0.1) is 0 Å². The summed E-state index contributed by atoms with van der Waals surface area (Å²) in [6.07, 6.45) is 4.68. The number of carbonyl (C=O) groups excluding carboxylic acids is 1. The fourth-order valence-corrected chi connectivity index (χ4v) is 6.63. The van der Waals surface area contributed by atoms with Crippen molar-refractivity contribution < 1.29 is 19.4 Å². The average molecular weight is 355 g/mol. The van der Waals surface area contributed by atoms with Crippen LogP contribution in [0.15, 0.2) is 24.8 Å². The molecule has 2 fully saturated rings. The molecule has 138 valence electrons. The van der Waals surface area contributed by atoms with Gasteiger partial charge in [0.05, 0.1) is 11.0 Å². The highest BCUT2D eigenvalue weighted by atomic mass is 16.5. The van der Waals surface area contributed by atoms with Crippen molar-refractivity contribution in [3.63, 3.8) is 0 Å². The number of hydrogen-bond donors (Lipinski definition) is 1. The van der Waals surface area contributed by atoms with E-state index in [1.165, 1.54) is 5.56 Å². The van der Waals surface area contributed by atoms with Crippen LogP contribution in [0.25, 0.3) is 0 Å². The number of benzene rings is 1. The number of likely N-dealkylation sites (tertiary alicyclic amines) is 1. The first-order valence-corrected chi connectivity index (χ1v) is 9.43. The summed E-state index contributed by atoms with van der Waals surface area (Å²) in [5.41, 5.74) is 0.153. The predicted octanol–water partition coefficient (Wildman–Crippen LogP) is 2.35. The van der Waals surface area contributed by atoms with Crippen molar-refractivity contribution in [3.8, 4) is 11.5 Å². The molecule has 5 rings (SSSR count). The van der Waals surface area contributed by atoms with Gasteiger partial charge in [0.2, 0.25) is 0 Å². The molecule has 4 aliphatic rings. The van der Waals surface area contributed by atoms with Crippen molar-refractivity contribution in [1.29, 1.82) is 0 Å². The molecule has 0 aromatic heterocycles. The number of aromatic hydroxyl groups is 1. The number of methoxy groups -OCH3 is 1. The Hall–Kier alpha value is -1.85. The lowest BCUT2D eigenvalue weighted by molar-refractivity contribution is -0.219. The number of rotatable bonds is 3. The third kappa shape index (κ3) is 1.47. The van der Waals surface area contributed by atoms with E-state index in [9.17, 15) is 9.90 Å². The molecule has 1 aromatic carbocycles. The SMILES string of the molecule is C=CCN1CC[C@]23c4c5ccc(O)c4O[C@@]2(C)C(=O)CC[C@@]3(OC)[C@H]1C5. The Morgan fingerprint density at radius 2 is 2.27 bits per heavy atom. The van der Waals surface area contributed by atoms with E-state index >= 15 is 0 Å². The van der Waals surface area contributed by atoms with Gasteiger partial charge in [0.25, 0.3) is 0 Å². The molecule has 0 radical (unpaired) electrons. The third-order valence-corrected chi connectivity index (χ3v) is 7.64. The predicted molar refractivity (Wildman–Crippen MR) is 96.7 cm³/mol. The zero-order valence-electron chi connectivity index (χ0n) is 15.4. The summed E-state index contributed by atoms with van der Waals surface area (Å²) in [5.74, 6) is 0.736. The van der Waals surface area contributed by atoms with Crippen LogP contribution < -0.4 is 4.74 Å². The standard InChI is InChI=1S/C21H25NO4/c1-4-10-22-11-9-20-17-13-5-6-14(23)18(17)26-19(20,2)16(24)7-8-21(20,25-3)15(22)12-13/h4-6,15,23H,1,7-12H2,2-3H3/t15-,19+,20+,21-/m1/s1. The van der Waals surface area contributed by atoms with Gasteiger partial charge in [-0.25, -0.2) is 0 Å². The fraction of sp³-hybridized carbons (Fsp3) is 0.571. The van der Waals surface area contributed by atoms with E-state index in [0.29, 0.717) is 18.6 Å². The van der Waals surface area contributed by atoms with Crippen LogP contribution in [-0.4, -0.2) is 53.2 Å². The first-order valence-electron chi connectivity index (χ1n) is 9.43. The van der Waals surface area contributed by atoms with Crippen molar-refractivity contribution in [2.75, 3.05) is 20.2 Å². The maximum Gasteiger partial charge on any atom is 0.177 e. The number of hydrogen-bond acceptors (Lipinski definition) is 5. The molecular formula is C21H25NO4. The van der Waals surface area contributed by atoms with Crippen molar-refractivity contribution in [3.05, 3.63) is 35.9 Å². The second-order valence-corrected chi connectivity index (χ2v) is 8.26. The van der Waals surface area contributed by atoms with E-state index in [1.54, 1.807) is 13.2 Å². The Bertz CT molecular complexity index is 836. The lowest BCUT2D eigenvalue weighted by Crippen LogP contribution is -2.80. The molecule has 26 heavy (non-hydrogen) atoms. The zero-order valence-corrected chi connectivity index (χ0v) is 15.4. The molecule has 0 amide bonds. The Labute approximate surface area is 153 Å². The maximum absolute atomic E-state index is 13.1. The van der Waals surface area contributed by atoms with Crippen molar-refractivity contribution >= 4 is 5.78 Å². The molecule has 1 saturated heterocycles. The Morgan fingerprint density at radius 3 is 3.00 bits per heavy atom. The summed E-state index contributed by atoms with van der Waals surface area (Å²) in [5, 5.41) is 10.5. The van der Waals surface area contributed by atoms with E-state index in [2.05, 4.69) is 11.5 Å². The van der Waals surface area contributed by atoms with Gasteiger partial charge in [-0.2, -0.15) is 0 Å². The van der Waals surface area contributed by atoms with Crippen LogP contribution in [0.3, 0.4) is 0 Å². The van der Waals surface area contributed by atoms with Gasteiger partial charge in [-0.3, -0.25) is 9.69 Å². The zero-order chi connectivity index (χ0) is 18.3. The van der Waals surface area contributed by atoms with Gasteiger partial charge in [-0.1, -0.05) is 12.1 Å². The minimum atomic E-state index is -0.990. The number of ether oxygens (including phenoxy) is 2. The number of carbonyl (C=O) groups is 1. The van der Waals surface area contributed by atoms with E-state index in [0.717, 1.165) is 31.5 Å². The van der Waals surface area contributed by atoms with Gasteiger partial charge < -0.3 is 14.6 Å². The number of piperidine rings is 1. The van der Waals surface area contributed by atoms with Crippen LogP contribution in [0.2, 0.25) is 0 Å². The number of phenols is 1. The first kappa shape index (κ1) is 16.3. The second kappa shape index (κ2) is 4.90. The van der Waals surface area contributed by atoms with Gasteiger partial charge in [-0.15, -0.1) is 6.58 Å². The molecule has 2 aliphatic carbocycles. The molecular weight excluding hydrogens is 330 g/mol. The summed E-state index contributed by atoms with van der Waals surface area (Å²) in [6, 6.07) is 3.86. The minimum Gasteiger partial charge on any atom is -0.504 e. The minimum absolute atomic E-state index is 0.115. The van der Waals surface area contributed by atoms with Crippen molar-refractivity contribution in [1.82, 2.24) is 4.90 Å². The van der Waals surface area contributed by atoms with Gasteiger partial charge in [0.15, 0.2) is 22.9 Å². The Morgan fingerprint density at radius 1 is 1.46 bits per heavy atom.